The van der Waals surface area contributed by atoms with Crippen molar-refractivity contribution in [3.05, 3.63) is 58.9 Å². The molecule has 5 nitrogen and oxygen atoms in total. The van der Waals surface area contributed by atoms with Crippen LogP contribution in [0.25, 0.3) is 0 Å². The third-order valence-electron chi connectivity index (χ3n) is 3.98. The number of hydrogen-bond acceptors (Lipinski definition) is 4. The van der Waals surface area contributed by atoms with Crippen LogP contribution in [0.15, 0.2) is 42.5 Å². The fraction of sp³-hybridized carbons (Fsp3) is 0.278. The van der Waals surface area contributed by atoms with Crippen LogP contribution in [0.4, 0.5) is 0 Å². The highest BCUT2D eigenvalue weighted by Crippen LogP contribution is 2.20. The molecule has 0 saturated carbocycles. The van der Waals surface area contributed by atoms with Crippen LogP contribution >= 0.6 is 11.6 Å². The molecular formula is C18H17ClN2O3. The quantitative estimate of drug-likeness (QED) is 0.631. The van der Waals surface area contributed by atoms with Gasteiger partial charge in [0.1, 0.15) is 29.0 Å². The van der Waals surface area contributed by atoms with Crippen LogP contribution in [-0.2, 0) is 0 Å². The number of hydrogen-bond donors (Lipinski definition) is 0. The standard InChI is InChI=1S/C18H17ClN2O3/c19-17-3-1-2-16(20-17)18(23)21-10-8-15(9-11-21)24-14-6-4-13(12-22)5-7-14/h1-7,12,15H,8-11H2. The second-order valence-electron chi connectivity index (χ2n) is 5.64. The Hall–Kier alpha value is -2.40. The maximum atomic E-state index is 12.4. The van der Waals surface area contributed by atoms with Gasteiger partial charge in [0.25, 0.3) is 5.91 Å². The van der Waals surface area contributed by atoms with Crippen LogP contribution < -0.4 is 4.74 Å². The van der Waals surface area contributed by atoms with Crippen molar-refractivity contribution in [2.75, 3.05) is 13.1 Å². The smallest absolute Gasteiger partial charge is 0.272 e. The molecule has 1 fully saturated rings. The number of amides is 1. The minimum Gasteiger partial charge on any atom is -0.490 e. The van der Waals surface area contributed by atoms with E-state index in [-0.39, 0.29) is 12.0 Å². The second kappa shape index (κ2) is 7.45. The zero-order valence-electron chi connectivity index (χ0n) is 13.0. The Balaban J connectivity index is 1.55. The lowest BCUT2D eigenvalue weighted by Gasteiger charge is -2.32. The number of pyridine rings is 1. The zero-order chi connectivity index (χ0) is 16.9. The highest BCUT2D eigenvalue weighted by molar-refractivity contribution is 6.29. The molecule has 24 heavy (non-hydrogen) atoms. The lowest BCUT2D eigenvalue weighted by Crippen LogP contribution is -2.42. The molecule has 0 bridgehead atoms. The van der Waals surface area contributed by atoms with E-state index in [0.717, 1.165) is 24.9 Å². The first-order chi connectivity index (χ1) is 11.7. The minimum absolute atomic E-state index is 0.0588. The normalized spacial score (nSPS) is 15.1. The summed E-state index contributed by atoms with van der Waals surface area (Å²) in [5.41, 5.74) is 0.989. The topological polar surface area (TPSA) is 59.5 Å². The maximum Gasteiger partial charge on any atom is 0.272 e. The molecule has 1 aliphatic heterocycles. The molecule has 1 amide bonds. The molecule has 0 N–H and O–H groups in total. The number of aldehydes is 1. The van der Waals surface area contributed by atoms with Crippen molar-refractivity contribution >= 4 is 23.8 Å². The van der Waals surface area contributed by atoms with Gasteiger partial charge in [-0.2, -0.15) is 0 Å². The van der Waals surface area contributed by atoms with Gasteiger partial charge < -0.3 is 9.64 Å². The van der Waals surface area contributed by atoms with Gasteiger partial charge in [-0.05, 0) is 36.4 Å². The number of nitrogens with zero attached hydrogens (tertiary/aromatic N) is 2. The molecule has 1 saturated heterocycles. The Kier molecular flexibility index (Phi) is 5.11. The van der Waals surface area contributed by atoms with Crippen molar-refractivity contribution < 1.29 is 14.3 Å². The summed E-state index contributed by atoms with van der Waals surface area (Å²) in [6.45, 7) is 1.23. The third-order valence-corrected chi connectivity index (χ3v) is 4.19. The maximum absolute atomic E-state index is 12.4. The van der Waals surface area contributed by atoms with E-state index in [4.69, 9.17) is 16.3 Å². The van der Waals surface area contributed by atoms with E-state index in [9.17, 15) is 9.59 Å². The monoisotopic (exact) mass is 344 g/mol. The van der Waals surface area contributed by atoms with Crippen molar-refractivity contribution in [2.24, 2.45) is 0 Å². The predicted octanol–water partition coefficient (Wildman–Crippen LogP) is 3.23. The average molecular weight is 345 g/mol. The first-order valence-electron chi connectivity index (χ1n) is 7.79. The molecular weight excluding hydrogens is 328 g/mol. The van der Waals surface area contributed by atoms with E-state index in [1.165, 1.54) is 0 Å². The molecule has 1 aromatic heterocycles. The molecule has 2 aromatic rings. The summed E-state index contributed by atoms with van der Waals surface area (Å²) in [7, 11) is 0. The molecule has 0 radical (unpaired) electrons. The van der Waals surface area contributed by atoms with Gasteiger partial charge in [-0.3, -0.25) is 9.59 Å². The molecule has 0 aliphatic carbocycles. The first-order valence-corrected chi connectivity index (χ1v) is 8.17. The summed E-state index contributed by atoms with van der Waals surface area (Å²) in [6.07, 6.45) is 2.37. The van der Waals surface area contributed by atoms with Crippen molar-refractivity contribution in [2.45, 2.75) is 18.9 Å². The summed E-state index contributed by atoms with van der Waals surface area (Å²) in [6, 6.07) is 12.1. The van der Waals surface area contributed by atoms with E-state index in [1.54, 1.807) is 47.4 Å². The summed E-state index contributed by atoms with van der Waals surface area (Å²) in [5, 5.41) is 0.317. The Morgan fingerprint density at radius 1 is 1.17 bits per heavy atom. The first kappa shape index (κ1) is 16.5. The van der Waals surface area contributed by atoms with Crippen molar-refractivity contribution in [1.82, 2.24) is 9.88 Å². The van der Waals surface area contributed by atoms with Gasteiger partial charge in [-0.25, -0.2) is 4.98 Å². The van der Waals surface area contributed by atoms with Crippen LogP contribution in [-0.4, -0.2) is 41.3 Å². The highest BCUT2D eigenvalue weighted by atomic mass is 35.5. The molecule has 124 valence electrons. The molecule has 0 atom stereocenters. The van der Waals surface area contributed by atoms with Crippen LogP contribution in [0, 0.1) is 0 Å². The Bertz CT molecular complexity index is 725. The van der Waals surface area contributed by atoms with Gasteiger partial charge in [-0.1, -0.05) is 17.7 Å². The van der Waals surface area contributed by atoms with E-state index >= 15 is 0 Å². The molecule has 2 heterocycles. The summed E-state index contributed by atoms with van der Waals surface area (Å²) in [5.74, 6) is 0.633. The number of ether oxygens (including phenoxy) is 1. The lowest BCUT2D eigenvalue weighted by atomic mass is 10.1. The van der Waals surface area contributed by atoms with E-state index in [1.807, 2.05) is 0 Å². The number of carbonyl (C=O) groups excluding carboxylic acids is 2. The second-order valence-corrected chi connectivity index (χ2v) is 6.03. The lowest BCUT2D eigenvalue weighted by molar-refractivity contribution is 0.0590. The summed E-state index contributed by atoms with van der Waals surface area (Å²) < 4.78 is 5.92. The number of aromatic nitrogens is 1. The SMILES string of the molecule is O=Cc1ccc(OC2CCN(C(=O)c3cccc(Cl)n3)CC2)cc1. The van der Waals surface area contributed by atoms with Crippen LogP contribution in [0.1, 0.15) is 33.7 Å². The van der Waals surface area contributed by atoms with E-state index < -0.39 is 0 Å². The fourth-order valence-corrected chi connectivity index (χ4v) is 2.85. The number of rotatable bonds is 4. The van der Waals surface area contributed by atoms with Gasteiger partial charge in [-0.15, -0.1) is 0 Å². The highest BCUT2D eigenvalue weighted by Gasteiger charge is 2.25. The van der Waals surface area contributed by atoms with E-state index in [0.29, 0.717) is 29.5 Å². The van der Waals surface area contributed by atoms with Gasteiger partial charge in [0.15, 0.2) is 0 Å². The molecule has 6 heteroatoms. The minimum atomic E-state index is -0.105. The Morgan fingerprint density at radius 3 is 2.50 bits per heavy atom. The molecule has 0 unspecified atom stereocenters. The summed E-state index contributed by atoms with van der Waals surface area (Å²) >= 11 is 5.84. The number of halogens is 1. The third kappa shape index (κ3) is 3.92. The largest absolute Gasteiger partial charge is 0.490 e. The summed E-state index contributed by atoms with van der Waals surface area (Å²) in [4.78, 5) is 28.9. The number of carbonyl (C=O) groups is 2. The van der Waals surface area contributed by atoms with Crippen LogP contribution in [0.3, 0.4) is 0 Å². The zero-order valence-corrected chi connectivity index (χ0v) is 13.8. The van der Waals surface area contributed by atoms with E-state index in [2.05, 4.69) is 4.98 Å². The number of likely N-dealkylation sites (tertiary alicyclic amines) is 1. The fourth-order valence-electron chi connectivity index (χ4n) is 2.68. The predicted molar refractivity (Wildman–Crippen MR) is 90.6 cm³/mol. The van der Waals surface area contributed by atoms with Gasteiger partial charge >= 0.3 is 0 Å². The van der Waals surface area contributed by atoms with Crippen LogP contribution in [0.5, 0.6) is 5.75 Å². The van der Waals surface area contributed by atoms with Crippen molar-refractivity contribution in [3.8, 4) is 5.75 Å². The molecule has 0 spiro atoms. The molecule has 1 aliphatic rings. The van der Waals surface area contributed by atoms with Gasteiger partial charge in [0, 0.05) is 31.5 Å². The average Bonchev–Trinajstić information content (AvgIpc) is 2.62. The van der Waals surface area contributed by atoms with Crippen LogP contribution in [0.2, 0.25) is 5.15 Å². The van der Waals surface area contributed by atoms with Crippen molar-refractivity contribution in [1.29, 1.82) is 0 Å². The molecule has 1 aromatic carbocycles. The number of piperidine rings is 1. The van der Waals surface area contributed by atoms with Gasteiger partial charge in [0.2, 0.25) is 0 Å². The Labute approximate surface area is 145 Å². The van der Waals surface area contributed by atoms with Crippen molar-refractivity contribution in [3.63, 3.8) is 0 Å². The number of benzene rings is 1. The molecule has 3 rings (SSSR count). The Morgan fingerprint density at radius 2 is 1.88 bits per heavy atom. The van der Waals surface area contributed by atoms with Gasteiger partial charge in [0.05, 0.1) is 0 Å².